The van der Waals surface area contributed by atoms with Gasteiger partial charge in [-0.1, -0.05) is 62.5 Å². The van der Waals surface area contributed by atoms with Gasteiger partial charge in [-0.05, 0) is 86.6 Å². The van der Waals surface area contributed by atoms with E-state index in [0.717, 1.165) is 22.3 Å². The van der Waals surface area contributed by atoms with Crippen molar-refractivity contribution in [1.82, 2.24) is 28.7 Å². The number of hydrogen-bond donors (Lipinski definition) is 0. The Hall–Kier alpha value is -3.09. The van der Waals surface area contributed by atoms with E-state index in [-0.39, 0.29) is 33.7 Å². The van der Waals surface area contributed by atoms with Crippen molar-refractivity contribution in [2.75, 3.05) is 27.4 Å². The first-order chi connectivity index (χ1) is 28.6. The van der Waals surface area contributed by atoms with Crippen LogP contribution in [0, 0.1) is 3.57 Å². The van der Waals surface area contributed by atoms with Crippen LogP contribution in [-0.2, 0) is 55.8 Å². The zero-order valence-corrected chi connectivity index (χ0v) is 43.9. The molecule has 0 radical (unpaired) electrons. The highest BCUT2D eigenvalue weighted by Gasteiger charge is 2.52. The summed E-state index contributed by atoms with van der Waals surface area (Å²) in [5.41, 5.74) is 0.504. The predicted octanol–water partition coefficient (Wildman–Crippen LogP) is 6.93. The summed E-state index contributed by atoms with van der Waals surface area (Å²) in [5.74, 6) is -1.02. The highest BCUT2D eigenvalue weighted by molar-refractivity contribution is 14.1. The Balaban J connectivity index is 0.000000256. The lowest BCUT2D eigenvalue weighted by atomic mass is 9.83. The molecule has 4 aromatic heterocycles. The lowest BCUT2D eigenvalue weighted by Crippen LogP contribution is -2.41. The number of nitrogens with zero attached hydrogens (tertiary/aromatic N) is 6. The van der Waals surface area contributed by atoms with Crippen LogP contribution in [0.5, 0.6) is 0 Å². The summed E-state index contributed by atoms with van der Waals surface area (Å²) in [5, 5.41) is 0.307. The Morgan fingerprint density at radius 2 is 1.16 bits per heavy atom. The first-order valence-corrected chi connectivity index (χ1v) is 29.1. The molecule has 62 heavy (non-hydrogen) atoms. The second-order valence-electron chi connectivity index (χ2n) is 18.0. The molecule has 1 saturated heterocycles. The molecule has 4 aromatic rings. The van der Waals surface area contributed by atoms with Gasteiger partial charge in [0.2, 0.25) is 0 Å². The topological polar surface area (TPSA) is 169 Å². The molecule has 0 bridgehead atoms. The van der Waals surface area contributed by atoms with Crippen LogP contribution in [0.15, 0.2) is 46.2 Å². The van der Waals surface area contributed by atoms with Gasteiger partial charge in [0, 0.05) is 55.9 Å². The van der Waals surface area contributed by atoms with Crippen LogP contribution < -0.4 is 16.7 Å². The molecule has 1 aliphatic heterocycles. The lowest BCUT2D eigenvalue weighted by Gasteiger charge is -2.32. The van der Waals surface area contributed by atoms with Crippen LogP contribution in [0.25, 0.3) is 11.3 Å². The van der Waals surface area contributed by atoms with E-state index in [1.165, 1.54) is 37.1 Å². The van der Waals surface area contributed by atoms with Crippen LogP contribution in [0.2, 0.25) is 61.7 Å². The fourth-order valence-corrected chi connectivity index (χ4v) is 7.94. The zero-order chi connectivity index (χ0) is 47.0. The van der Waals surface area contributed by atoms with Crippen molar-refractivity contribution in [3.63, 3.8) is 0 Å². The Kier molecular flexibility index (Phi) is 19.1. The third-order valence-corrected chi connectivity index (χ3v) is 14.5. The number of aromatic nitrogens is 6. The Labute approximate surface area is 389 Å². The number of carbonyl (C=O) groups is 2. The van der Waals surface area contributed by atoms with Gasteiger partial charge in [-0.3, -0.25) is 28.3 Å². The van der Waals surface area contributed by atoms with Crippen molar-refractivity contribution in [3.05, 3.63) is 82.4 Å². The van der Waals surface area contributed by atoms with Crippen LogP contribution in [0.3, 0.4) is 0 Å². The summed E-state index contributed by atoms with van der Waals surface area (Å²) in [6, 6.07) is 8.11. The molecule has 0 saturated carbocycles. The Morgan fingerprint density at radius 1 is 0.726 bits per heavy atom. The van der Waals surface area contributed by atoms with Crippen LogP contribution in [0.1, 0.15) is 48.4 Å². The molecule has 0 amide bonds. The molecule has 16 nitrogen and oxygen atoms in total. The van der Waals surface area contributed by atoms with Crippen LogP contribution in [0.4, 0.5) is 0 Å². The summed E-state index contributed by atoms with van der Waals surface area (Å²) in [7, 11) is 3.15. The summed E-state index contributed by atoms with van der Waals surface area (Å²) >= 11 is 14.0. The number of rotatable bonds is 14. The average molecular weight is 1050 g/mol. The van der Waals surface area contributed by atoms with Gasteiger partial charge in [-0.15, -0.1) is 0 Å². The van der Waals surface area contributed by atoms with Gasteiger partial charge in [-0.25, -0.2) is 19.6 Å². The van der Waals surface area contributed by atoms with E-state index in [2.05, 4.69) is 54.0 Å². The smallest absolute Gasteiger partial charge is 0.465 e. The largest absolute Gasteiger partial charge is 0.514 e. The average Bonchev–Trinajstić information content (AvgIpc) is 3.69. The maximum Gasteiger partial charge on any atom is 0.514 e. The van der Waals surface area contributed by atoms with Gasteiger partial charge in [0.15, 0.2) is 0 Å². The number of pyridine rings is 2. The molecule has 0 aromatic carbocycles. The number of esters is 2. The molecule has 0 aliphatic carbocycles. The van der Waals surface area contributed by atoms with Crippen LogP contribution in [-0.4, -0.2) is 103 Å². The third-order valence-electron chi connectivity index (χ3n) is 9.99. The van der Waals surface area contributed by atoms with Crippen molar-refractivity contribution in [3.8, 4) is 11.3 Å². The molecular weight excluding hydrogens is 989 g/mol. The molecule has 0 spiro atoms. The molecule has 0 unspecified atom stereocenters. The number of methoxy groups -OCH3 is 2. The second kappa shape index (κ2) is 22.2. The molecule has 342 valence electrons. The van der Waals surface area contributed by atoms with Gasteiger partial charge in [-0.2, -0.15) is 0 Å². The number of ether oxygens (including phenoxy) is 4. The molecule has 0 N–H and O–H groups in total. The van der Waals surface area contributed by atoms with Crippen molar-refractivity contribution in [2.45, 2.75) is 104 Å². The number of hydrogen-bond acceptors (Lipinski definition) is 12. The SMILES string of the molecule is COC(=O)c1cc(Cl)nc(-c2cn(COCC[Si](C)(C)C)n(C)c2=O)c1.COC(=O)c1cc(Cl)nc(B2OC(C)(C)C(C)(C)O2)c1.Cn1c(=O)c(I)cn1COCC[Si](C)(C)C. The van der Waals surface area contributed by atoms with E-state index in [1.54, 1.807) is 40.4 Å². The normalized spacial score (nSPS) is 14.4. The highest BCUT2D eigenvalue weighted by Crippen LogP contribution is 2.36. The van der Waals surface area contributed by atoms with Gasteiger partial charge in [0.05, 0.1) is 57.0 Å². The third kappa shape index (κ3) is 15.3. The highest BCUT2D eigenvalue weighted by atomic mass is 127. The van der Waals surface area contributed by atoms with Crippen LogP contribution >= 0.6 is 45.8 Å². The van der Waals surface area contributed by atoms with E-state index in [0.29, 0.717) is 35.8 Å². The second-order valence-corrected chi connectivity index (χ2v) is 31.2. The standard InChI is InChI=1S/C17H24ClN3O4Si.C13H17BClNO4.C10H19IN2O2Si/c1-20-16(22)13(10-21(20)11-25-6-7-26(3,4)5)14-8-12(17(23)24-2)9-15(18)19-14;1-12(2)13(3,4)20-14(19-12)9-6-8(11(17)18-5)7-10(15)16-9;1-12-10(14)9(11)7-13(12)8-15-5-6-16(2,3)4/h8-10H,6-7,11H2,1-5H3;6-7H,1-5H3;7H,5-6,8H2,1-4H3. The fraction of sp³-hybridized carbons (Fsp3) is 0.550. The molecule has 5 rings (SSSR count). The summed E-state index contributed by atoms with van der Waals surface area (Å²) in [6.07, 6.45) is 3.47. The Bertz CT molecular complexity index is 2290. The first kappa shape index (κ1) is 53.2. The van der Waals surface area contributed by atoms with Crippen molar-refractivity contribution < 1.29 is 37.8 Å². The molecule has 22 heteroatoms. The monoisotopic (exact) mass is 1050 g/mol. The van der Waals surface area contributed by atoms with E-state index >= 15 is 0 Å². The molecule has 0 atom stereocenters. The lowest BCUT2D eigenvalue weighted by molar-refractivity contribution is 0.00578. The van der Waals surface area contributed by atoms with Gasteiger partial charge in [0.1, 0.15) is 23.8 Å². The molecular formula is C40H60BCl2IN6O10Si2. The minimum Gasteiger partial charge on any atom is -0.465 e. The van der Waals surface area contributed by atoms with Crippen molar-refractivity contribution in [2.24, 2.45) is 14.1 Å². The van der Waals surface area contributed by atoms with E-state index in [1.807, 2.05) is 56.5 Å². The summed E-state index contributed by atoms with van der Waals surface area (Å²) in [4.78, 5) is 55.7. The molecule has 1 fully saturated rings. The Morgan fingerprint density at radius 3 is 1.60 bits per heavy atom. The fourth-order valence-electron chi connectivity index (χ4n) is 5.33. The van der Waals surface area contributed by atoms with Gasteiger partial charge < -0.3 is 28.3 Å². The number of carbonyl (C=O) groups excluding carboxylic acids is 2. The summed E-state index contributed by atoms with van der Waals surface area (Å²) in [6.45, 7) is 23.7. The predicted molar refractivity (Wildman–Crippen MR) is 256 cm³/mol. The van der Waals surface area contributed by atoms with Crippen molar-refractivity contribution >= 4 is 86.6 Å². The number of halogens is 3. The van der Waals surface area contributed by atoms with Gasteiger partial charge in [0.25, 0.3) is 11.1 Å². The zero-order valence-electron chi connectivity index (χ0n) is 38.2. The maximum absolute atomic E-state index is 12.5. The minimum absolute atomic E-state index is 0.0365. The maximum atomic E-state index is 12.5. The van der Waals surface area contributed by atoms with E-state index in [4.69, 9.17) is 46.7 Å². The van der Waals surface area contributed by atoms with E-state index < -0.39 is 46.4 Å². The summed E-state index contributed by atoms with van der Waals surface area (Å²) < 4.78 is 39.7. The van der Waals surface area contributed by atoms with Gasteiger partial charge >= 0.3 is 19.1 Å². The quantitative estimate of drug-likeness (QED) is 0.0421. The molecule has 1 aliphatic rings. The first-order valence-electron chi connectivity index (χ1n) is 19.8. The molecule has 5 heterocycles. The van der Waals surface area contributed by atoms with E-state index in [9.17, 15) is 19.2 Å². The van der Waals surface area contributed by atoms with Crippen molar-refractivity contribution in [1.29, 1.82) is 0 Å². The minimum atomic E-state index is -1.17.